The smallest absolute Gasteiger partial charge is 0.203 e. The summed E-state index contributed by atoms with van der Waals surface area (Å²) in [6, 6.07) is 6.17. The monoisotopic (exact) mass is 261 g/mol. The van der Waals surface area contributed by atoms with E-state index in [0.717, 1.165) is 12.8 Å². The fourth-order valence-electron chi connectivity index (χ4n) is 2.25. The normalized spacial score (nSPS) is 13.6. The number of halogens is 1. The molecule has 1 aliphatic rings. The molecule has 0 saturated carbocycles. The van der Waals surface area contributed by atoms with Crippen molar-refractivity contribution in [3.8, 4) is 0 Å². The van der Waals surface area contributed by atoms with Crippen LogP contribution in [0.25, 0.3) is 0 Å². The molecule has 0 saturated heterocycles. The molecule has 1 aliphatic carbocycles. The number of nitrogen functional groups attached to an aromatic ring is 1. The van der Waals surface area contributed by atoms with Crippen LogP contribution in [0.1, 0.15) is 32.1 Å². The Bertz CT molecular complexity index is 611. The van der Waals surface area contributed by atoms with Crippen LogP contribution in [0.4, 0.5) is 10.1 Å². The first kappa shape index (κ1) is 11.4. The molecule has 0 bridgehead atoms. The number of ketones is 1. The molecule has 2 N–H and O–H groups in total. The van der Waals surface area contributed by atoms with Crippen LogP contribution < -0.4 is 5.73 Å². The van der Waals surface area contributed by atoms with Crippen LogP contribution >= 0.6 is 11.3 Å². The first-order chi connectivity index (χ1) is 8.65. The van der Waals surface area contributed by atoms with Crippen molar-refractivity contribution in [1.82, 2.24) is 0 Å². The van der Waals surface area contributed by atoms with Crippen molar-refractivity contribution in [2.45, 2.75) is 19.3 Å². The highest BCUT2D eigenvalue weighted by Crippen LogP contribution is 2.32. The van der Waals surface area contributed by atoms with Gasteiger partial charge in [0.1, 0.15) is 5.82 Å². The number of rotatable bonds is 2. The highest BCUT2D eigenvalue weighted by atomic mass is 32.1. The maximum Gasteiger partial charge on any atom is 0.203 e. The highest BCUT2D eigenvalue weighted by Gasteiger charge is 2.19. The van der Waals surface area contributed by atoms with Crippen LogP contribution in [-0.2, 0) is 12.8 Å². The van der Waals surface area contributed by atoms with E-state index >= 15 is 0 Å². The lowest BCUT2D eigenvalue weighted by molar-refractivity contribution is 0.104. The van der Waals surface area contributed by atoms with Gasteiger partial charge in [-0.3, -0.25) is 4.79 Å². The number of nitrogens with two attached hydrogens (primary N) is 1. The third-order valence-electron chi connectivity index (χ3n) is 3.23. The maximum absolute atomic E-state index is 13.3. The molecule has 0 spiro atoms. The number of fused-ring (bicyclic) bond motifs is 1. The van der Waals surface area contributed by atoms with Gasteiger partial charge in [0.05, 0.1) is 10.6 Å². The zero-order valence-corrected chi connectivity index (χ0v) is 10.5. The largest absolute Gasteiger partial charge is 0.396 e. The topological polar surface area (TPSA) is 43.1 Å². The first-order valence-electron chi connectivity index (χ1n) is 5.86. The van der Waals surface area contributed by atoms with Crippen molar-refractivity contribution >= 4 is 22.8 Å². The Kier molecular flexibility index (Phi) is 2.67. The fraction of sp³-hybridized carbons (Fsp3) is 0.214. The lowest BCUT2D eigenvalue weighted by Crippen LogP contribution is -2.01. The van der Waals surface area contributed by atoms with Gasteiger partial charge in [-0.05, 0) is 49.1 Å². The van der Waals surface area contributed by atoms with Crippen LogP contribution in [0.5, 0.6) is 0 Å². The van der Waals surface area contributed by atoms with Gasteiger partial charge in [0, 0.05) is 10.4 Å². The molecule has 92 valence electrons. The molecule has 2 nitrogen and oxygen atoms in total. The third-order valence-corrected chi connectivity index (χ3v) is 4.47. The fourth-order valence-corrected chi connectivity index (χ4v) is 3.47. The Hall–Kier alpha value is -1.68. The predicted molar refractivity (Wildman–Crippen MR) is 70.6 cm³/mol. The van der Waals surface area contributed by atoms with Crippen LogP contribution in [0.15, 0.2) is 24.3 Å². The van der Waals surface area contributed by atoms with E-state index in [1.807, 2.05) is 6.07 Å². The molecular formula is C14H12FNOS. The van der Waals surface area contributed by atoms with Gasteiger partial charge >= 0.3 is 0 Å². The van der Waals surface area contributed by atoms with E-state index in [4.69, 9.17) is 5.73 Å². The quantitative estimate of drug-likeness (QED) is 0.666. The van der Waals surface area contributed by atoms with Crippen molar-refractivity contribution in [1.29, 1.82) is 0 Å². The van der Waals surface area contributed by atoms with Crippen LogP contribution in [0.3, 0.4) is 0 Å². The van der Waals surface area contributed by atoms with Crippen LogP contribution in [-0.4, -0.2) is 5.78 Å². The zero-order valence-electron chi connectivity index (χ0n) is 9.70. The predicted octanol–water partition coefficient (Wildman–Crippen LogP) is 3.19. The van der Waals surface area contributed by atoms with Crippen LogP contribution in [0, 0.1) is 5.82 Å². The summed E-state index contributed by atoms with van der Waals surface area (Å²) in [5.41, 5.74) is 7.11. The molecule has 1 heterocycles. The third kappa shape index (κ3) is 1.82. The SMILES string of the molecule is Nc1ccc(C(=O)c2cc3c(s2)CCC3)cc1F. The molecule has 18 heavy (non-hydrogen) atoms. The summed E-state index contributed by atoms with van der Waals surface area (Å²) < 4.78 is 13.3. The summed E-state index contributed by atoms with van der Waals surface area (Å²) in [6.45, 7) is 0. The highest BCUT2D eigenvalue weighted by molar-refractivity contribution is 7.14. The molecule has 0 fully saturated rings. The molecule has 1 aromatic carbocycles. The second-order valence-electron chi connectivity index (χ2n) is 4.48. The zero-order chi connectivity index (χ0) is 12.7. The lowest BCUT2D eigenvalue weighted by Gasteiger charge is -2.01. The molecule has 0 aliphatic heterocycles. The van der Waals surface area contributed by atoms with Crippen molar-refractivity contribution in [2.75, 3.05) is 5.73 Å². The summed E-state index contributed by atoms with van der Waals surface area (Å²) in [4.78, 5) is 14.2. The van der Waals surface area contributed by atoms with E-state index in [2.05, 4.69) is 0 Å². The minimum absolute atomic E-state index is 0.0697. The Morgan fingerprint density at radius 2 is 2.11 bits per heavy atom. The number of anilines is 1. The summed E-state index contributed by atoms with van der Waals surface area (Å²) in [6.07, 6.45) is 3.28. The van der Waals surface area contributed by atoms with Gasteiger partial charge in [-0.1, -0.05) is 0 Å². The molecule has 0 atom stereocenters. The maximum atomic E-state index is 13.3. The number of aryl methyl sites for hydroxylation is 2. The Morgan fingerprint density at radius 1 is 1.28 bits per heavy atom. The van der Waals surface area contributed by atoms with Crippen molar-refractivity contribution in [3.05, 3.63) is 51.0 Å². The molecule has 0 amide bonds. The van der Waals surface area contributed by atoms with E-state index < -0.39 is 5.82 Å². The van der Waals surface area contributed by atoms with E-state index in [1.165, 1.54) is 40.3 Å². The number of thiophene rings is 1. The summed E-state index contributed by atoms with van der Waals surface area (Å²) in [5, 5.41) is 0. The van der Waals surface area contributed by atoms with Gasteiger partial charge in [0.2, 0.25) is 5.78 Å². The molecule has 2 aromatic rings. The number of hydrogen-bond acceptors (Lipinski definition) is 3. The van der Waals surface area contributed by atoms with Gasteiger partial charge in [-0.2, -0.15) is 0 Å². The number of hydrogen-bond donors (Lipinski definition) is 1. The number of carbonyl (C=O) groups is 1. The Labute approximate surface area is 108 Å². The van der Waals surface area contributed by atoms with E-state index in [-0.39, 0.29) is 11.5 Å². The first-order valence-corrected chi connectivity index (χ1v) is 6.68. The van der Waals surface area contributed by atoms with Crippen molar-refractivity contribution in [2.24, 2.45) is 0 Å². The Morgan fingerprint density at radius 3 is 2.83 bits per heavy atom. The molecule has 0 unspecified atom stereocenters. The van der Waals surface area contributed by atoms with Crippen molar-refractivity contribution < 1.29 is 9.18 Å². The van der Waals surface area contributed by atoms with Gasteiger partial charge in [-0.15, -0.1) is 11.3 Å². The number of benzene rings is 1. The second kappa shape index (κ2) is 4.21. The molecule has 4 heteroatoms. The molecule has 1 aromatic heterocycles. The molecule has 0 radical (unpaired) electrons. The lowest BCUT2D eigenvalue weighted by atomic mass is 10.1. The summed E-state index contributed by atoms with van der Waals surface area (Å²) in [5.74, 6) is -0.654. The van der Waals surface area contributed by atoms with E-state index in [1.54, 1.807) is 6.07 Å². The number of carbonyl (C=O) groups excluding carboxylic acids is 1. The minimum Gasteiger partial charge on any atom is -0.396 e. The Balaban J connectivity index is 1.95. The van der Waals surface area contributed by atoms with Gasteiger partial charge < -0.3 is 5.73 Å². The second-order valence-corrected chi connectivity index (χ2v) is 5.61. The van der Waals surface area contributed by atoms with Gasteiger partial charge in [0.25, 0.3) is 0 Å². The van der Waals surface area contributed by atoms with Crippen LogP contribution in [0.2, 0.25) is 0 Å². The van der Waals surface area contributed by atoms with E-state index in [9.17, 15) is 9.18 Å². The molecule has 3 rings (SSSR count). The molecular weight excluding hydrogens is 249 g/mol. The van der Waals surface area contributed by atoms with Gasteiger partial charge in [-0.25, -0.2) is 4.39 Å². The van der Waals surface area contributed by atoms with Crippen molar-refractivity contribution in [3.63, 3.8) is 0 Å². The minimum atomic E-state index is -0.537. The average molecular weight is 261 g/mol. The average Bonchev–Trinajstić information content (AvgIpc) is 2.92. The summed E-state index contributed by atoms with van der Waals surface area (Å²) >= 11 is 1.53. The summed E-state index contributed by atoms with van der Waals surface area (Å²) in [7, 11) is 0. The standard InChI is InChI=1S/C14H12FNOS/c15-10-6-9(4-5-11(10)16)14(17)13-7-8-2-1-3-12(8)18-13/h4-7H,1-3,16H2. The van der Waals surface area contributed by atoms with E-state index in [0.29, 0.717) is 10.4 Å². The van der Waals surface area contributed by atoms with Gasteiger partial charge in [0.15, 0.2) is 0 Å².